The second-order valence-corrected chi connectivity index (χ2v) is 14.8. The number of furan rings is 1. The number of benzene rings is 9. The molecule has 0 aliphatic heterocycles. The zero-order valence-corrected chi connectivity index (χ0v) is 29.1. The predicted molar refractivity (Wildman–Crippen MR) is 220 cm³/mol. The predicted octanol–water partition coefficient (Wildman–Crippen LogP) is 14.4. The van der Waals surface area contributed by atoms with Gasteiger partial charge in [0.15, 0.2) is 0 Å². The Morgan fingerprint density at radius 3 is 1.62 bits per heavy atom. The SMILES string of the molecule is CC1(C)c2cc(-c3ccc(-c4c5ccccc5c(-c5ccccc5)c5ccccc45)cc3)ccc2-c2ccc3oc4c5ccccc5ccc4c3c21. The van der Waals surface area contributed by atoms with Gasteiger partial charge in [0.05, 0.1) is 0 Å². The van der Waals surface area contributed by atoms with Crippen molar-refractivity contribution in [2.75, 3.05) is 0 Å². The monoisotopic (exact) mass is 662 g/mol. The minimum atomic E-state index is -0.194. The summed E-state index contributed by atoms with van der Waals surface area (Å²) in [5, 5.41) is 9.90. The van der Waals surface area contributed by atoms with Gasteiger partial charge in [-0.25, -0.2) is 0 Å². The van der Waals surface area contributed by atoms with E-state index in [4.69, 9.17) is 4.42 Å². The molecule has 0 N–H and O–H groups in total. The van der Waals surface area contributed by atoms with Crippen LogP contribution in [0.5, 0.6) is 0 Å². The molecule has 10 aromatic rings. The molecule has 0 saturated carbocycles. The molecule has 0 atom stereocenters. The Kier molecular flexibility index (Phi) is 6.08. The van der Waals surface area contributed by atoms with E-state index in [-0.39, 0.29) is 5.41 Å². The summed E-state index contributed by atoms with van der Waals surface area (Å²) in [5.41, 5.74) is 14.6. The molecular formula is C51H34O. The maximum Gasteiger partial charge on any atom is 0.143 e. The Morgan fingerprint density at radius 2 is 0.942 bits per heavy atom. The van der Waals surface area contributed by atoms with Crippen molar-refractivity contribution in [3.05, 3.63) is 181 Å². The van der Waals surface area contributed by atoms with Gasteiger partial charge in [-0.3, -0.25) is 0 Å². The first kappa shape index (κ1) is 29.3. The highest BCUT2D eigenvalue weighted by Gasteiger charge is 2.38. The van der Waals surface area contributed by atoms with E-state index in [9.17, 15) is 0 Å². The first-order valence-electron chi connectivity index (χ1n) is 18.2. The van der Waals surface area contributed by atoms with Crippen molar-refractivity contribution < 1.29 is 4.42 Å². The minimum absolute atomic E-state index is 0.194. The van der Waals surface area contributed by atoms with Crippen molar-refractivity contribution in [3.8, 4) is 44.5 Å². The molecule has 0 amide bonds. The second kappa shape index (κ2) is 10.8. The highest BCUT2D eigenvalue weighted by Crippen LogP contribution is 2.54. The summed E-state index contributed by atoms with van der Waals surface area (Å²) in [6.07, 6.45) is 0. The van der Waals surface area contributed by atoms with Crippen LogP contribution in [0.1, 0.15) is 25.0 Å². The van der Waals surface area contributed by atoms with E-state index >= 15 is 0 Å². The average molecular weight is 663 g/mol. The van der Waals surface area contributed by atoms with Crippen LogP contribution in [0.25, 0.3) is 98.8 Å². The van der Waals surface area contributed by atoms with Gasteiger partial charge < -0.3 is 4.42 Å². The summed E-state index contributed by atoms with van der Waals surface area (Å²) in [6.45, 7) is 4.75. The zero-order chi connectivity index (χ0) is 34.6. The Hall–Kier alpha value is -6.44. The Bertz CT molecular complexity index is 3010. The summed E-state index contributed by atoms with van der Waals surface area (Å²) in [6, 6.07) is 62.2. The van der Waals surface area contributed by atoms with Crippen molar-refractivity contribution in [2.45, 2.75) is 19.3 Å². The normalized spacial score (nSPS) is 13.3. The van der Waals surface area contributed by atoms with Crippen LogP contribution >= 0.6 is 0 Å². The summed E-state index contributed by atoms with van der Waals surface area (Å²) in [5.74, 6) is 0. The summed E-state index contributed by atoms with van der Waals surface area (Å²) >= 11 is 0. The largest absolute Gasteiger partial charge is 0.455 e. The zero-order valence-electron chi connectivity index (χ0n) is 29.1. The molecule has 1 aliphatic rings. The molecule has 0 fully saturated rings. The lowest BCUT2D eigenvalue weighted by Gasteiger charge is -2.23. The van der Waals surface area contributed by atoms with Crippen molar-refractivity contribution in [1.82, 2.24) is 0 Å². The topological polar surface area (TPSA) is 13.1 Å². The molecular weight excluding hydrogens is 629 g/mol. The van der Waals surface area contributed by atoms with Crippen molar-refractivity contribution >= 4 is 54.3 Å². The fourth-order valence-corrected chi connectivity index (χ4v) is 9.26. The van der Waals surface area contributed by atoms with Crippen LogP contribution in [0.4, 0.5) is 0 Å². The quantitative estimate of drug-likeness (QED) is 0.172. The number of fused-ring (bicyclic) bond motifs is 11. The number of rotatable bonds is 3. The first-order chi connectivity index (χ1) is 25.6. The van der Waals surface area contributed by atoms with E-state index in [1.54, 1.807) is 0 Å². The molecule has 9 aromatic carbocycles. The molecule has 1 aromatic heterocycles. The van der Waals surface area contributed by atoms with Gasteiger partial charge in [-0.15, -0.1) is 0 Å². The van der Waals surface area contributed by atoms with Gasteiger partial charge in [-0.1, -0.05) is 166 Å². The fourth-order valence-electron chi connectivity index (χ4n) is 9.26. The van der Waals surface area contributed by atoms with Crippen molar-refractivity contribution in [3.63, 3.8) is 0 Å². The van der Waals surface area contributed by atoms with Crippen LogP contribution in [0.2, 0.25) is 0 Å². The summed E-state index contributed by atoms with van der Waals surface area (Å²) in [7, 11) is 0. The fraction of sp³-hybridized carbons (Fsp3) is 0.0588. The molecule has 0 radical (unpaired) electrons. The lowest BCUT2D eigenvalue weighted by Crippen LogP contribution is -2.15. The lowest BCUT2D eigenvalue weighted by atomic mass is 9.79. The van der Waals surface area contributed by atoms with Crippen LogP contribution in [-0.4, -0.2) is 0 Å². The van der Waals surface area contributed by atoms with Crippen LogP contribution in [0, 0.1) is 0 Å². The Morgan fingerprint density at radius 1 is 0.404 bits per heavy atom. The van der Waals surface area contributed by atoms with Gasteiger partial charge in [-0.2, -0.15) is 0 Å². The van der Waals surface area contributed by atoms with Gasteiger partial charge in [0.2, 0.25) is 0 Å². The summed E-state index contributed by atoms with van der Waals surface area (Å²) in [4.78, 5) is 0. The van der Waals surface area contributed by atoms with Crippen molar-refractivity contribution in [2.24, 2.45) is 0 Å². The maximum absolute atomic E-state index is 6.61. The van der Waals surface area contributed by atoms with E-state index in [0.29, 0.717) is 0 Å². The van der Waals surface area contributed by atoms with Gasteiger partial charge in [0.25, 0.3) is 0 Å². The standard InChI is InChI=1S/C51H34O/c1-51(2)44-30-35(25-26-37(44)42-28-29-45-48(49(42)51)43-27-24-32-12-6-7-15-36(32)50(43)52-45)31-20-22-34(23-21-31)47-40-18-10-8-16-38(40)46(33-13-4-3-5-14-33)39-17-9-11-19-41(39)47/h3-30H,1-2H3. The highest BCUT2D eigenvalue weighted by molar-refractivity contribution is 6.21. The highest BCUT2D eigenvalue weighted by atomic mass is 16.3. The lowest BCUT2D eigenvalue weighted by molar-refractivity contribution is 0.658. The van der Waals surface area contributed by atoms with E-state index in [1.165, 1.54) is 93.3 Å². The van der Waals surface area contributed by atoms with Gasteiger partial charge >= 0.3 is 0 Å². The van der Waals surface area contributed by atoms with Crippen LogP contribution in [-0.2, 0) is 5.41 Å². The van der Waals surface area contributed by atoms with E-state index in [1.807, 2.05) is 0 Å². The second-order valence-electron chi connectivity index (χ2n) is 14.8. The molecule has 0 spiro atoms. The smallest absolute Gasteiger partial charge is 0.143 e. The van der Waals surface area contributed by atoms with E-state index < -0.39 is 0 Å². The molecule has 0 bridgehead atoms. The molecule has 1 heterocycles. The number of hydrogen-bond donors (Lipinski definition) is 0. The molecule has 1 heteroatoms. The molecule has 1 nitrogen and oxygen atoms in total. The Balaban J connectivity index is 1.03. The van der Waals surface area contributed by atoms with Gasteiger partial charge in [0, 0.05) is 21.6 Å². The molecule has 244 valence electrons. The molecule has 0 saturated heterocycles. The molecule has 11 rings (SSSR count). The molecule has 52 heavy (non-hydrogen) atoms. The Labute approximate surface area is 302 Å². The van der Waals surface area contributed by atoms with Crippen LogP contribution < -0.4 is 0 Å². The third-order valence-electron chi connectivity index (χ3n) is 11.6. The minimum Gasteiger partial charge on any atom is -0.455 e. The van der Waals surface area contributed by atoms with Crippen LogP contribution in [0.3, 0.4) is 0 Å². The van der Waals surface area contributed by atoms with Crippen molar-refractivity contribution in [1.29, 1.82) is 0 Å². The van der Waals surface area contributed by atoms with Crippen LogP contribution in [0.15, 0.2) is 174 Å². The third-order valence-corrected chi connectivity index (χ3v) is 11.6. The summed E-state index contributed by atoms with van der Waals surface area (Å²) < 4.78 is 6.61. The average Bonchev–Trinajstić information content (AvgIpc) is 3.69. The van der Waals surface area contributed by atoms with Gasteiger partial charge in [-0.05, 0) is 101 Å². The first-order valence-corrected chi connectivity index (χ1v) is 18.2. The third kappa shape index (κ3) is 4.05. The van der Waals surface area contributed by atoms with E-state index in [2.05, 4.69) is 184 Å². The van der Waals surface area contributed by atoms with Gasteiger partial charge in [0.1, 0.15) is 11.2 Å². The molecule has 1 aliphatic carbocycles. The number of hydrogen-bond acceptors (Lipinski definition) is 1. The maximum atomic E-state index is 6.61. The molecule has 0 unspecified atom stereocenters. The van der Waals surface area contributed by atoms with E-state index in [0.717, 1.165) is 16.6 Å².